The normalized spacial score (nSPS) is 12.9. The minimum absolute atomic E-state index is 0.0939. The van der Waals surface area contributed by atoms with E-state index in [-0.39, 0.29) is 5.78 Å². The van der Waals surface area contributed by atoms with Crippen molar-refractivity contribution in [2.24, 2.45) is 0 Å². The first-order valence-corrected chi connectivity index (χ1v) is 7.70. The van der Waals surface area contributed by atoms with Gasteiger partial charge in [0.05, 0.1) is 16.6 Å². The van der Waals surface area contributed by atoms with Gasteiger partial charge in [-0.15, -0.1) is 0 Å². The van der Waals surface area contributed by atoms with E-state index in [1.54, 1.807) is 24.3 Å². The number of carbonyl (C=O) groups excluding carboxylic acids is 1. The molecule has 2 aromatic carbocycles. The van der Waals surface area contributed by atoms with E-state index in [4.69, 9.17) is 10.5 Å². The summed E-state index contributed by atoms with van der Waals surface area (Å²) in [5.74, 6) is 0.594. The van der Waals surface area contributed by atoms with Gasteiger partial charge in [-0.05, 0) is 45.8 Å². The highest BCUT2D eigenvalue weighted by Crippen LogP contribution is 2.36. The van der Waals surface area contributed by atoms with Crippen LogP contribution in [0, 0.1) is 0 Å². The Hall–Kier alpha value is -1.33. The average Bonchev–Trinajstić information content (AvgIpc) is 2.88. The van der Waals surface area contributed by atoms with Crippen molar-refractivity contribution >= 4 is 43.3 Å². The molecule has 1 heterocycles. The van der Waals surface area contributed by atoms with Crippen molar-refractivity contribution in [2.75, 3.05) is 12.3 Å². The molecule has 0 saturated heterocycles. The lowest BCUT2D eigenvalue weighted by atomic mass is 9.99. The first-order chi connectivity index (χ1) is 9.58. The van der Waals surface area contributed by atoms with Gasteiger partial charge < -0.3 is 10.5 Å². The third kappa shape index (κ3) is 2.25. The molecule has 0 aliphatic carbocycles. The van der Waals surface area contributed by atoms with Gasteiger partial charge in [0.25, 0.3) is 0 Å². The second-order valence-electron chi connectivity index (χ2n) is 4.58. The molecule has 20 heavy (non-hydrogen) atoms. The molecule has 0 fully saturated rings. The summed E-state index contributed by atoms with van der Waals surface area (Å²) in [5, 5.41) is 0. The van der Waals surface area contributed by atoms with Crippen molar-refractivity contribution < 1.29 is 9.53 Å². The molecule has 3 nitrogen and oxygen atoms in total. The Balaban J connectivity index is 2.14. The molecule has 0 spiro atoms. The Kier molecular flexibility index (Phi) is 3.56. The van der Waals surface area contributed by atoms with Crippen LogP contribution in [0.1, 0.15) is 21.5 Å². The fraction of sp³-hybridized carbons (Fsp3) is 0.133. The maximum atomic E-state index is 12.7. The number of rotatable bonds is 2. The van der Waals surface area contributed by atoms with Crippen LogP contribution < -0.4 is 10.5 Å². The Morgan fingerprint density at radius 1 is 1.20 bits per heavy atom. The number of carbonyl (C=O) groups is 1. The van der Waals surface area contributed by atoms with Crippen molar-refractivity contribution in [1.29, 1.82) is 0 Å². The highest BCUT2D eigenvalue weighted by Gasteiger charge is 2.24. The topological polar surface area (TPSA) is 52.3 Å². The molecule has 102 valence electrons. The van der Waals surface area contributed by atoms with Gasteiger partial charge in [-0.1, -0.05) is 22.0 Å². The minimum Gasteiger partial charge on any atom is -0.492 e. The van der Waals surface area contributed by atoms with Crippen molar-refractivity contribution in [3.8, 4) is 5.75 Å². The molecule has 0 atom stereocenters. The Bertz CT molecular complexity index is 713. The Morgan fingerprint density at radius 3 is 2.80 bits per heavy atom. The van der Waals surface area contributed by atoms with E-state index in [1.807, 2.05) is 6.07 Å². The van der Waals surface area contributed by atoms with Crippen LogP contribution in [0.4, 0.5) is 5.69 Å². The van der Waals surface area contributed by atoms with E-state index in [0.717, 1.165) is 16.5 Å². The van der Waals surface area contributed by atoms with E-state index < -0.39 is 0 Å². The first-order valence-electron chi connectivity index (χ1n) is 6.12. The van der Waals surface area contributed by atoms with Crippen molar-refractivity contribution in [2.45, 2.75) is 6.42 Å². The molecule has 5 heteroatoms. The Labute approximate surface area is 133 Å². The summed E-state index contributed by atoms with van der Waals surface area (Å²) in [5.41, 5.74) is 8.55. The second-order valence-corrected chi connectivity index (χ2v) is 6.29. The second kappa shape index (κ2) is 5.22. The van der Waals surface area contributed by atoms with E-state index in [0.29, 0.717) is 33.6 Å². The van der Waals surface area contributed by atoms with Gasteiger partial charge in [0.2, 0.25) is 0 Å². The monoisotopic (exact) mass is 395 g/mol. The quantitative estimate of drug-likeness (QED) is 0.617. The number of benzene rings is 2. The largest absolute Gasteiger partial charge is 0.492 e. The number of anilines is 1. The fourth-order valence-electron chi connectivity index (χ4n) is 2.31. The van der Waals surface area contributed by atoms with Crippen LogP contribution >= 0.6 is 31.9 Å². The summed E-state index contributed by atoms with van der Waals surface area (Å²) in [6, 6.07) is 9.07. The Morgan fingerprint density at radius 2 is 2.00 bits per heavy atom. The lowest BCUT2D eigenvalue weighted by molar-refractivity contribution is 0.103. The van der Waals surface area contributed by atoms with Gasteiger partial charge in [0, 0.05) is 22.1 Å². The molecule has 1 aliphatic heterocycles. The summed E-state index contributed by atoms with van der Waals surface area (Å²) in [4.78, 5) is 12.7. The van der Waals surface area contributed by atoms with Crippen molar-refractivity contribution in [1.82, 2.24) is 0 Å². The van der Waals surface area contributed by atoms with E-state index in [9.17, 15) is 4.79 Å². The molecule has 3 rings (SSSR count). The number of ether oxygens (including phenoxy) is 1. The predicted octanol–water partition coefficient (Wildman–Crippen LogP) is 3.96. The molecule has 0 saturated carbocycles. The number of halogens is 2. The number of nitrogen functional groups attached to an aromatic ring is 1. The van der Waals surface area contributed by atoms with E-state index >= 15 is 0 Å². The smallest absolute Gasteiger partial charge is 0.198 e. The van der Waals surface area contributed by atoms with E-state index in [2.05, 4.69) is 31.9 Å². The maximum absolute atomic E-state index is 12.7. The zero-order chi connectivity index (χ0) is 14.3. The molecule has 0 radical (unpaired) electrons. The predicted molar refractivity (Wildman–Crippen MR) is 85.3 cm³/mol. The maximum Gasteiger partial charge on any atom is 0.198 e. The summed E-state index contributed by atoms with van der Waals surface area (Å²) < 4.78 is 7.11. The zero-order valence-corrected chi connectivity index (χ0v) is 13.6. The van der Waals surface area contributed by atoms with Crippen LogP contribution in [-0.4, -0.2) is 12.4 Å². The van der Waals surface area contributed by atoms with Crippen LogP contribution in [0.25, 0.3) is 0 Å². The highest BCUT2D eigenvalue weighted by atomic mass is 79.9. The van der Waals surface area contributed by atoms with Crippen LogP contribution in [-0.2, 0) is 6.42 Å². The van der Waals surface area contributed by atoms with Gasteiger partial charge in [-0.25, -0.2) is 0 Å². The molecular formula is C15H11Br2NO2. The van der Waals surface area contributed by atoms with Gasteiger partial charge in [-0.2, -0.15) is 0 Å². The molecule has 0 aromatic heterocycles. The highest BCUT2D eigenvalue weighted by molar-refractivity contribution is 9.11. The lowest BCUT2D eigenvalue weighted by Crippen LogP contribution is -2.06. The molecule has 0 bridgehead atoms. The van der Waals surface area contributed by atoms with Gasteiger partial charge in [0.15, 0.2) is 5.78 Å². The summed E-state index contributed by atoms with van der Waals surface area (Å²) in [7, 11) is 0. The van der Waals surface area contributed by atoms with Crippen molar-refractivity contribution in [3.05, 3.63) is 56.0 Å². The third-order valence-corrected chi connectivity index (χ3v) is 4.61. The molecule has 2 aromatic rings. The SMILES string of the molecule is Nc1cccc(C(=O)c2cc(Br)cc3c2OCC3)c1Br. The number of ketones is 1. The third-order valence-electron chi connectivity index (χ3n) is 3.27. The molecule has 0 unspecified atom stereocenters. The average molecular weight is 397 g/mol. The van der Waals surface area contributed by atoms with Gasteiger partial charge in [-0.3, -0.25) is 4.79 Å². The van der Waals surface area contributed by atoms with E-state index in [1.165, 1.54) is 0 Å². The minimum atomic E-state index is -0.0939. The van der Waals surface area contributed by atoms with Crippen molar-refractivity contribution in [3.63, 3.8) is 0 Å². The molecule has 2 N–H and O–H groups in total. The van der Waals surface area contributed by atoms with Gasteiger partial charge >= 0.3 is 0 Å². The summed E-state index contributed by atoms with van der Waals surface area (Å²) >= 11 is 6.82. The van der Waals surface area contributed by atoms with Crippen LogP contribution in [0.2, 0.25) is 0 Å². The summed E-state index contributed by atoms with van der Waals surface area (Å²) in [6.07, 6.45) is 0.827. The van der Waals surface area contributed by atoms with Crippen LogP contribution in [0.15, 0.2) is 39.3 Å². The lowest BCUT2D eigenvalue weighted by Gasteiger charge is -2.10. The van der Waals surface area contributed by atoms with Crippen LogP contribution in [0.3, 0.4) is 0 Å². The molecule has 0 amide bonds. The number of hydrogen-bond donors (Lipinski definition) is 1. The first kappa shape index (κ1) is 13.6. The number of nitrogens with two attached hydrogens (primary N) is 1. The fourth-order valence-corrected chi connectivity index (χ4v) is 3.26. The number of fused-ring (bicyclic) bond motifs is 1. The van der Waals surface area contributed by atoms with Crippen LogP contribution in [0.5, 0.6) is 5.75 Å². The number of hydrogen-bond acceptors (Lipinski definition) is 3. The molecular weight excluding hydrogens is 386 g/mol. The summed E-state index contributed by atoms with van der Waals surface area (Å²) in [6.45, 7) is 0.615. The van der Waals surface area contributed by atoms with Gasteiger partial charge in [0.1, 0.15) is 5.75 Å². The zero-order valence-electron chi connectivity index (χ0n) is 10.5. The standard InChI is InChI=1S/C15H11Br2NO2/c16-9-6-8-4-5-20-15(8)11(7-9)14(19)10-2-1-3-12(18)13(10)17/h1-3,6-7H,4-5,18H2. The molecule has 1 aliphatic rings.